The van der Waals surface area contributed by atoms with Gasteiger partial charge in [0.15, 0.2) is 0 Å². The summed E-state index contributed by atoms with van der Waals surface area (Å²) < 4.78 is 12.8. The Hall–Kier alpha value is -0.970. The molecule has 0 saturated heterocycles. The third kappa shape index (κ3) is 2.58. The highest BCUT2D eigenvalue weighted by molar-refractivity contribution is 9.10. The van der Waals surface area contributed by atoms with Crippen LogP contribution in [-0.4, -0.2) is 16.1 Å². The smallest absolute Gasteiger partial charge is 0.307 e. The van der Waals surface area contributed by atoms with Gasteiger partial charge in [-0.1, -0.05) is 0 Å². The van der Waals surface area contributed by atoms with Crippen molar-refractivity contribution in [2.75, 3.05) is 0 Å². The Morgan fingerprint density at radius 2 is 2.33 bits per heavy atom. The molecule has 12 heavy (non-hydrogen) atoms. The maximum atomic E-state index is 12.5. The standard InChI is InChI=1S/C7H5BrFNO2/c8-5-1-4(3-7(11)12)2-6(9)10-5/h1-2H,3H2,(H,11,12). The van der Waals surface area contributed by atoms with E-state index in [2.05, 4.69) is 20.9 Å². The fraction of sp³-hybridized carbons (Fsp3) is 0.143. The number of hydrogen-bond donors (Lipinski definition) is 1. The summed E-state index contributed by atoms with van der Waals surface area (Å²) in [5, 5.41) is 8.39. The summed E-state index contributed by atoms with van der Waals surface area (Å²) in [4.78, 5) is 13.6. The molecule has 1 aromatic rings. The lowest BCUT2D eigenvalue weighted by Crippen LogP contribution is -2.01. The molecule has 0 bridgehead atoms. The number of carboxylic acid groups (broad SMARTS) is 1. The molecule has 5 heteroatoms. The Kier molecular flexibility index (Phi) is 2.75. The maximum absolute atomic E-state index is 12.5. The van der Waals surface area contributed by atoms with Crippen molar-refractivity contribution in [2.45, 2.75) is 6.42 Å². The minimum Gasteiger partial charge on any atom is -0.481 e. The monoisotopic (exact) mass is 233 g/mol. The maximum Gasteiger partial charge on any atom is 0.307 e. The second-order valence-corrected chi connectivity index (χ2v) is 3.00. The summed E-state index contributed by atoms with van der Waals surface area (Å²) in [6.45, 7) is 0. The molecule has 3 nitrogen and oxygen atoms in total. The first-order chi connectivity index (χ1) is 5.58. The number of rotatable bonds is 2. The largest absolute Gasteiger partial charge is 0.481 e. The van der Waals surface area contributed by atoms with Gasteiger partial charge in [0.25, 0.3) is 0 Å². The molecule has 64 valence electrons. The average molecular weight is 234 g/mol. The van der Waals surface area contributed by atoms with Crippen molar-refractivity contribution in [2.24, 2.45) is 0 Å². The molecule has 0 fully saturated rings. The van der Waals surface area contributed by atoms with Gasteiger partial charge >= 0.3 is 5.97 Å². The fourth-order valence-corrected chi connectivity index (χ4v) is 1.25. The van der Waals surface area contributed by atoms with Crippen molar-refractivity contribution >= 4 is 21.9 Å². The molecule has 0 radical (unpaired) electrons. The summed E-state index contributed by atoms with van der Waals surface area (Å²) in [7, 11) is 0. The number of carbonyl (C=O) groups is 1. The van der Waals surface area contributed by atoms with Crippen molar-refractivity contribution in [1.82, 2.24) is 4.98 Å². The first-order valence-electron chi connectivity index (χ1n) is 3.11. The van der Waals surface area contributed by atoms with Gasteiger partial charge in [-0.25, -0.2) is 4.98 Å². The van der Waals surface area contributed by atoms with E-state index in [0.29, 0.717) is 10.2 Å². The van der Waals surface area contributed by atoms with Crippen LogP contribution < -0.4 is 0 Å². The van der Waals surface area contributed by atoms with E-state index in [1.807, 2.05) is 0 Å². The fourth-order valence-electron chi connectivity index (χ4n) is 0.791. The van der Waals surface area contributed by atoms with Crippen LogP contribution in [0.3, 0.4) is 0 Å². The lowest BCUT2D eigenvalue weighted by molar-refractivity contribution is -0.136. The van der Waals surface area contributed by atoms with Gasteiger partial charge in [-0.05, 0) is 33.6 Å². The van der Waals surface area contributed by atoms with Crippen LogP contribution in [-0.2, 0) is 11.2 Å². The van der Waals surface area contributed by atoms with Crippen LogP contribution in [0.4, 0.5) is 4.39 Å². The van der Waals surface area contributed by atoms with Crippen molar-refractivity contribution in [3.63, 3.8) is 0 Å². The molecule has 0 unspecified atom stereocenters. The number of carboxylic acids is 1. The first-order valence-corrected chi connectivity index (χ1v) is 3.91. The van der Waals surface area contributed by atoms with Gasteiger partial charge in [0.2, 0.25) is 5.95 Å². The van der Waals surface area contributed by atoms with Crippen LogP contribution in [0, 0.1) is 5.95 Å². The Morgan fingerprint density at radius 3 is 2.83 bits per heavy atom. The number of aromatic nitrogens is 1. The SMILES string of the molecule is O=C(O)Cc1cc(F)nc(Br)c1. The van der Waals surface area contributed by atoms with Gasteiger partial charge in [0, 0.05) is 0 Å². The summed E-state index contributed by atoms with van der Waals surface area (Å²) in [6, 6.07) is 2.57. The topological polar surface area (TPSA) is 50.2 Å². The minimum atomic E-state index is -0.993. The van der Waals surface area contributed by atoms with Crippen LogP contribution in [0.15, 0.2) is 16.7 Å². The van der Waals surface area contributed by atoms with E-state index in [-0.39, 0.29) is 6.42 Å². The van der Waals surface area contributed by atoms with E-state index in [9.17, 15) is 9.18 Å². The number of nitrogens with zero attached hydrogens (tertiary/aromatic N) is 1. The van der Waals surface area contributed by atoms with Gasteiger partial charge < -0.3 is 5.11 Å². The molecule has 1 N–H and O–H groups in total. The molecular formula is C7H5BrFNO2. The number of aliphatic carboxylic acids is 1. The highest BCUT2D eigenvalue weighted by Crippen LogP contribution is 2.11. The average Bonchev–Trinajstić information content (AvgIpc) is 1.81. The summed E-state index contributed by atoms with van der Waals surface area (Å²) in [5.41, 5.74) is 0.391. The predicted molar refractivity (Wildman–Crippen MR) is 43.2 cm³/mol. The van der Waals surface area contributed by atoms with E-state index >= 15 is 0 Å². The van der Waals surface area contributed by atoms with Gasteiger partial charge in [-0.3, -0.25) is 4.79 Å². The molecule has 0 aliphatic heterocycles. The van der Waals surface area contributed by atoms with Crippen LogP contribution in [0.5, 0.6) is 0 Å². The molecule has 0 aliphatic rings. The molecular weight excluding hydrogens is 229 g/mol. The Balaban J connectivity index is 2.93. The van der Waals surface area contributed by atoms with E-state index in [1.165, 1.54) is 6.07 Å². The van der Waals surface area contributed by atoms with Crippen molar-refractivity contribution in [1.29, 1.82) is 0 Å². The lowest BCUT2D eigenvalue weighted by atomic mass is 10.2. The predicted octanol–water partition coefficient (Wildman–Crippen LogP) is 1.61. The normalized spacial score (nSPS) is 9.83. The van der Waals surface area contributed by atoms with Crippen molar-refractivity contribution < 1.29 is 14.3 Å². The quantitative estimate of drug-likeness (QED) is 0.790. The molecule has 1 aromatic heterocycles. The van der Waals surface area contributed by atoms with Gasteiger partial charge in [0.05, 0.1) is 6.42 Å². The highest BCUT2D eigenvalue weighted by Gasteiger charge is 2.03. The molecule has 1 heterocycles. The summed E-state index contributed by atoms with van der Waals surface area (Å²) >= 11 is 2.96. The summed E-state index contributed by atoms with van der Waals surface area (Å²) in [5.74, 6) is -1.67. The zero-order valence-electron chi connectivity index (χ0n) is 5.92. The number of pyridine rings is 1. The lowest BCUT2D eigenvalue weighted by Gasteiger charge is -1.97. The number of hydrogen-bond acceptors (Lipinski definition) is 2. The minimum absolute atomic E-state index is 0.196. The molecule has 0 aliphatic carbocycles. The molecule has 0 saturated carbocycles. The van der Waals surface area contributed by atoms with Crippen LogP contribution in [0.25, 0.3) is 0 Å². The number of halogens is 2. The highest BCUT2D eigenvalue weighted by atomic mass is 79.9. The molecule has 0 spiro atoms. The zero-order valence-corrected chi connectivity index (χ0v) is 7.51. The van der Waals surface area contributed by atoms with Gasteiger partial charge in [-0.2, -0.15) is 4.39 Å². The van der Waals surface area contributed by atoms with Crippen LogP contribution in [0.2, 0.25) is 0 Å². The summed E-state index contributed by atoms with van der Waals surface area (Å²) in [6.07, 6.45) is -0.196. The molecule has 1 rings (SSSR count). The van der Waals surface area contributed by atoms with E-state index in [1.54, 1.807) is 0 Å². The van der Waals surface area contributed by atoms with E-state index < -0.39 is 11.9 Å². The molecule has 0 atom stereocenters. The Bertz CT molecular complexity index is 296. The van der Waals surface area contributed by atoms with Crippen molar-refractivity contribution in [3.05, 3.63) is 28.2 Å². The third-order valence-electron chi connectivity index (χ3n) is 1.18. The molecule has 0 aromatic carbocycles. The zero-order chi connectivity index (χ0) is 9.14. The Labute approximate surface area is 76.4 Å². The molecule has 0 amide bonds. The van der Waals surface area contributed by atoms with Crippen LogP contribution in [0.1, 0.15) is 5.56 Å². The Morgan fingerprint density at radius 1 is 1.67 bits per heavy atom. The first kappa shape index (κ1) is 9.12. The van der Waals surface area contributed by atoms with E-state index in [4.69, 9.17) is 5.11 Å². The van der Waals surface area contributed by atoms with Gasteiger partial charge in [0.1, 0.15) is 4.60 Å². The van der Waals surface area contributed by atoms with E-state index in [0.717, 1.165) is 6.07 Å². The van der Waals surface area contributed by atoms with Crippen molar-refractivity contribution in [3.8, 4) is 0 Å². The second-order valence-electron chi connectivity index (χ2n) is 2.19. The second kappa shape index (κ2) is 3.62. The third-order valence-corrected chi connectivity index (χ3v) is 1.58. The van der Waals surface area contributed by atoms with Gasteiger partial charge in [-0.15, -0.1) is 0 Å². The van der Waals surface area contributed by atoms with Crippen LogP contribution >= 0.6 is 15.9 Å².